The molecule has 0 aliphatic heterocycles. The molecule has 0 spiro atoms. The standard InChI is InChI=1S/C16H11FO3/c17-14-8-6-12(7-9-14)15(18)10-3-11-1-4-13(5-2-11)16(19)20/h1-10H,(H,19,20). The number of hydrogen-bond donors (Lipinski definition) is 1. The van der Waals surface area contributed by atoms with Gasteiger partial charge in [0.25, 0.3) is 0 Å². The molecule has 0 heterocycles. The highest BCUT2D eigenvalue weighted by Gasteiger charge is 2.02. The van der Waals surface area contributed by atoms with E-state index in [0.717, 1.165) is 0 Å². The van der Waals surface area contributed by atoms with Crippen molar-refractivity contribution in [2.75, 3.05) is 0 Å². The van der Waals surface area contributed by atoms with Crippen LogP contribution in [0.5, 0.6) is 0 Å². The third-order valence-electron chi connectivity index (χ3n) is 2.71. The van der Waals surface area contributed by atoms with E-state index >= 15 is 0 Å². The lowest BCUT2D eigenvalue weighted by molar-refractivity contribution is 0.0696. The van der Waals surface area contributed by atoms with Gasteiger partial charge in [-0.2, -0.15) is 0 Å². The van der Waals surface area contributed by atoms with Gasteiger partial charge in [-0.15, -0.1) is 0 Å². The van der Waals surface area contributed by atoms with Gasteiger partial charge in [0.05, 0.1) is 5.56 Å². The molecule has 0 bridgehead atoms. The van der Waals surface area contributed by atoms with E-state index < -0.39 is 11.8 Å². The van der Waals surface area contributed by atoms with Crippen LogP contribution in [-0.2, 0) is 0 Å². The number of allylic oxidation sites excluding steroid dienone is 1. The normalized spacial score (nSPS) is 10.7. The smallest absolute Gasteiger partial charge is 0.335 e. The van der Waals surface area contributed by atoms with E-state index in [1.54, 1.807) is 18.2 Å². The summed E-state index contributed by atoms with van der Waals surface area (Å²) < 4.78 is 12.7. The maximum atomic E-state index is 12.7. The molecular weight excluding hydrogens is 259 g/mol. The number of benzene rings is 2. The molecular formula is C16H11FO3. The van der Waals surface area contributed by atoms with Crippen molar-refractivity contribution < 1.29 is 19.1 Å². The highest BCUT2D eigenvalue weighted by atomic mass is 19.1. The molecule has 0 atom stereocenters. The number of carboxylic acids is 1. The molecule has 0 saturated carbocycles. The molecule has 0 amide bonds. The predicted molar refractivity (Wildman–Crippen MR) is 73.2 cm³/mol. The molecule has 0 saturated heterocycles. The molecule has 3 nitrogen and oxygen atoms in total. The first kappa shape index (κ1) is 13.7. The van der Waals surface area contributed by atoms with Crippen LogP contribution < -0.4 is 0 Å². The van der Waals surface area contributed by atoms with Crippen molar-refractivity contribution in [1.82, 2.24) is 0 Å². The summed E-state index contributed by atoms with van der Waals surface area (Å²) in [7, 11) is 0. The van der Waals surface area contributed by atoms with E-state index in [1.165, 1.54) is 42.5 Å². The fourth-order valence-electron chi connectivity index (χ4n) is 1.62. The molecule has 0 unspecified atom stereocenters. The average Bonchev–Trinajstić information content (AvgIpc) is 2.46. The molecule has 4 heteroatoms. The van der Waals surface area contributed by atoms with E-state index in [4.69, 9.17) is 5.11 Å². The van der Waals surface area contributed by atoms with Crippen molar-refractivity contribution in [3.05, 3.63) is 77.1 Å². The minimum Gasteiger partial charge on any atom is -0.478 e. The van der Waals surface area contributed by atoms with Crippen LogP contribution in [0.2, 0.25) is 0 Å². The summed E-state index contributed by atoms with van der Waals surface area (Å²) >= 11 is 0. The molecule has 20 heavy (non-hydrogen) atoms. The summed E-state index contributed by atoms with van der Waals surface area (Å²) in [6.45, 7) is 0. The molecule has 2 aromatic rings. The van der Waals surface area contributed by atoms with Crippen LogP contribution in [0.3, 0.4) is 0 Å². The first-order chi connectivity index (χ1) is 9.56. The Bertz CT molecular complexity index is 655. The summed E-state index contributed by atoms with van der Waals surface area (Å²) in [6.07, 6.45) is 2.94. The van der Waals surface area contributed by atoms with E-state index in [-0.39, 0.29) is 11.3 Å². The van der Waals surface area contributed by atoms with E-state index in [9.17, 15) is 14.0 Å². The maximum Gasteiger partial charge on any atom is 0.335 e. The SMILES string of the molecule is O=C(O)c1ccc(C=CC(=O)c2ccc(F)cc2)cc1. The zero-order valence-electron chi connectivity index (χ0n) is 10.4. The van der Waals surface area contributed by atoms with Crippen molar-refractivity contribution in [3.8, 4) is 0 Å². The van der Waals surface area contributed by atoms with Gasteiger partial charge in [0.1, 0.15) is 5.82 Å². The van der Waals surface area contributed by atoms with Gasteiger partial charge in [-0.25, -0.2) is 9.18 Å². The van der Waals surface area contributed by atoms with Gasteiger partial charge in [0.2, 0.25) is 0 Å². The molecule has 0 aliphatic carbocycles. The van der Waals surface area contributed by atoms with Gasteiger partial charge in [0.15, 0.2) is 5.78 Å². The minimum absolute atomic E-state index is 0.187. The maximum absolute atomic E-state index is 12.7. The first-order valence-electron chi connectivity index (χ1n) is 5.87. The number of ketones is 1. The third kappa shape index (κ3) is 3.38. The number of carbonyl (C=O) groups is 2. The van der Waals surface area contributed by atoms with Gasteiger partial charge in [-0.1, -0.05) is 18.2 Å². The number of rotatable bonds is 4. The summed E-state index contributed by atoms with van der Waals surface area (Å²) in [5.41, 5.74) is 1.29. The second-order valence-corrected chi connectivity index (χ2v) is 4.13. The number of halogens is 1. The summed E-state index contributed by atoms with van der Waals surface area (Å²) in [5, 5.41) is 8.76. The van der Waals surface area contributed by atoms with Gasteiger partial charge in [0, 0.05) is 5.56 Å². The van der Waals surface area contributed by atoms with Gasteiger partial charge in [-0.3, -0.25) is 4.79 Å². The van der Waals surface area contributed by atoms with Crippen molar-refractivity contribution >= 4 is 17.8 Å². The molecule has 0 aliphatic rings. The fraction of sp³-hybridized carbons (Fsp3) is 0. The molecule has 0 aromatic heterocycles. The van der Waals surface area contributed by atoms with Crippen LogP contribution in [0.4, 0.5) is 4.39 Å². The van der Waals surface area contributed by atoms with Crippen LogP contribution in [-0.4, -0.2) is 16.9 Å². The number of aromatic carboxylic acids is 1. The van der Waals surface area contributed by atoms with Crippen molar-refractivity contribution in [3.63, 3.8) is 0 Å². The number of hydrogen-bond acceptors (Lipinski definition) is 2. The largest absolute Gasteiger partial charge is 0.478 e. The summed E-state index contributed by atoms with van der Waals surface area (Å²) in [4.78, 5) is 22.5. The third-order valence-corrected chi connectivity index (χ3v) is 2.71. The Hall–Kier alpha value is -2.75. The summed E-state index contributed by atoms with van der Waals surface area (Å²) in [6, 6.07) is 11.4. The fourth-order valence-corrected chi connectivity index (χ4v) is 1.62. The van der Waals surface area contributed by atoms with Crippen LogP contribution in [0.15, 0.2) is 54.6 Å². The van der Waals surface area contributed by atoms with Crippen LogP contribution >= 0.6 is 0 Å². The Morgan fingerprint density at radius 3 is 2.00 bits per heavy atom. The minimum atomic E-state index is -0.997. The van der Waals surface area contributed by atoms with Crippen LogP contribution in [0.1, 0.15) is 26.3 Å². The van der Waals surface area contributed by atoms with Gasteiger partial charge >= 0.3 is 5.97 Å². The second-order valence-electron chi connectivity index (χ2n) is 4.13. The Labute approximate surface area is 115 Å². The lowest BCUT2D eigenvalue weighted by Crippen LogP contribution is -1.95. The van der Waals surface area contributed by atoms with Crippen LogP contribution in [0.25, 0.3) is 6.08 Å². The Morgan fingerprint density at radius 2 is 1.45 bits per heavy atom. The molecule has 2 aromatic carbocycles. The lowest BCUT2D eigenvalue weighted by atomic mass is 10.1. The Kier molecular flexibility index (Phi) is 4.05. The molecule has 100 valence electrons. The van der Waals surface area contributed by atoms with Crippen LogP contribution in [0, 0.1) is 5.82 Å². The highest BCUT2D eigenvalue weighted by Crippen LogP contribution is 2.09. The van der Waals surface area contributed by atoms with Crippen molar-refractivity contribution in [2.45, 2.75) is 0 Å². The number of carbonyl (C=O) groups excluding carboxylic acids is 1. The molecule has 1 N–H and O–H groups in total. The zero-order valence-corrected chi connectivity index (χ0v) is 10.4. The monoisotopic (exact) mass is 270 g/mol. The van der Waals surface area contributed by atoms with Gasteiger partial charge in [-0.05, 0) is 48.0 Å². The first-order valence-corrected chi connectivity index (χ1v) is 5.87. The van der Waals surface area contributed by atoms with Crippen molar-refractivity contribution in [2.24, 2.45) is 0 Å². The predicted octanol–water partition coefficient (Wildman–Crippen LogP) is 3.42. The van der Waals surface area contributed by atoms with E-state index in [0.29, 0.717) is 11.1 Å². The molecule has 0 radical (unpaired) electrons. The summed E-state index contributed by atoms with van der Waals surface area (Å²) in [5.74, 6) is -1.63. The Balaban J connectivity index is 2.10. The average molecular weight is 270 g/mol. The molecule has 0 fully saturated rings. The second kappa shape index (κ2) is 5.93. The van der Waals surface area contributed by atoms with Crippen molar-refractivity contribution in [1.29, 1.82) is 0 Å². The van der Waals surface area contributed by atoms with E-state index in [2.05, 4.69) is 0 Å². The topological polar surface area (TPSA) is 54.4 Å². The lowest BCUT2D eigenvalue weighted by Gasteiger charge is -1.97. The quantitative estimate of drug-likeness (QED) is 0.684. The number of carboxylic acid groups (broad SMARTS) is 1. The Morgan fingerprint density at radius 1 is 0.900 bits per heavy atom. The molecule has 2 rings (SSSR count). The van der Waals surface area contributed by atoms with Gasteiger partial charge < -0.3 is 5.11 Å². The highest BCUT2D eigenvalue weighted by molar-refractivity contribution is 6.06. The zero-order chi connectivity index (χ0) is 14.5. The van der Waals surface area contributed by atoms with E-state index in [1.807, 2.05) is 0 Å².